The van der Waals surface area contributed by atoms with Crippen LogP contribution in [-0.2, 0) is 11.2 Å². The lowest BCUT2D eigenvalue weighted by molar-refractivity contribution is -0.304. The van der Waals surface area contributed by atoms with Gasteiger partial charge in [0.1, 0.15) is 11.5 Å². The van der Waals surface area contributed by atoms with Crippen LogP contribution >= 0.6 is 0 Å². The molecule has 0 unspecified atom stereocenters. The van der Waals surface area contributed by atoms with E-state index in [-0.39, 0.29) is 12.2 Å². The van der Waals surface area contributed by atoms with Gasteiger partial charge in [-0.1, -0.05) is 18.2 Å². The molecular formula is C20H19O5-. The van der Waals surface area contributed by atoms with E-state index in [1.165, 1.54) is 19.3 Å². The number of ether oxygens (including phenoxy) is 2. The van der Waals surface area contributed by atoms with E-state index in [0.717, 1.165) is 5.56 Å². The van der Waals surface area contributed by atoms with Gasteiger partial charge < -0.3 is 19.4 Å². The van der Waals surface area contributed by atoms with Crippen molar-refractivity contribution < 1.29 is 24.2 Å². The third-order valence-electron chi connectivity index (χ3n) is 3.53. The van der Waals surface area contributed by atoms with Crippen LogP contribution in [0.25, 0.3) is 6.08 Å². The average Bonchev–Trinajstić information content (AvgIpc) is 2.60. The van der Waals surface area contributed by atoms with Gasteiger partial charge in [0.2, 0.25) is 0 Å². The van der Waals surface area contributed by atoms with Crippen LogP contribution in [0, 0.1) is 0 Å². The molecule has 0 aliphatic rings. The molecule has 0 aliphatic heterocycles. The summed E-state index contributed by atoms with van der Waals surface area (Å²) in [6.45, 7) is 2.42. The van der Waals surface area contributed by atoms with Gasteiger partial charge in [-0.2, -0.15) is 0 Å². The fourth-order valence-electron chi connectivity index (χ4n) is 2.39. The fraction of sp³-hybridized carbons (Fsp3) is 0.200. The van der Waals surface area contributed by atoms with E-state index in [0.29, 0.717) is 29.2 Å². The van der Waals surface area contributed by atoms with E-state index in [2.05, 4.69) is 0 Å². The molecule has 5 heteroatoms. The number of carboxylic acids is 1. The van der Waals surface area contributed by atoms with Crippen molar-refractivity contribution in [2.45, 2.75) is 13.3 Å². The molecule has 0 radical (unpaired) electrons. The van der Waals surface area contributed by atoms with Gasteiger partial charge in [0, 0.05) is 29.1 Å². The van der Waals surface area contributed by atoms with Crippen LogP contribution in [0.3, 0.4) is 0 Å². The predicted octanol–water partition coefficient (Wildman–Crippen LogP) is 2.28. The number of ketones is 1. The monoisotopic (exact) mass is 339 g/mol. The molecule has 0 bridgehead atoms. The molecule has 0 fully saturated rings. The highest BCUT2D eigenvalue weighted by Gasteiger charge is 2.09. The average molecular weight is 339 g/mol. The second kappa shape index (κ2) is 8.68. The van der Waals surface area contributed by atoms with Gasteiger partial charge in [0.25, 0.3) is 0 Å². The highest BCUT2D eigenvalue weighted by molar-refractivity contribution is 6.07. The van der Waals surface area contributed by atoms with Crippen molar-refractivity contribution in [2.75, 3.05) is 13.7 Å². The minimum Gasteiger partial charge on any atom is -0.550 e. The van der Waals surface area contributed by atoms with Gasteiger partial charge in [-0.05, 0) is 43.3 Å². The van der Waals surface area contributed by atoms with Crippen LogP contribution < -0.4 is 14.6 Å². The Bertz CT molecular complexity index is 792. The SMILES string of the molecule is CCOc1ccccc1/C=C/C(=O)c1ccc(OC)c(CC(=O)[O-])c1. The summed E-state index contributed by atoms with van der Waals surface area (Å²) in [5, 5.41) is 10.8. The summed E-state index contributed by atoms with van der Waals surface area (Å²) in [5.74, 6) is -0.370. The Morgan fingerprint density at radius 3 is 2.56 bits per heavy atom. The lowest BCUT2D eigenvalue weighted by Gasteiger charge is -2.10. The Kier molecular flexibility index (Phi) is 6.34. The maximum absolute atomic E-state index is 12.4. The van der Waals surface area contributed by atoms with Gasteiger partial charge in [-0.3, -0.25) is 4.79 Å². The van der Waals surface area contributed by atoms with Crippen molar-refractivity contribution >= 4 is 17.8 Å². The minimum absolute atomic E-state index is 0.242. The number of para-hydroxylation sites is 1. The second-order valence-electron chi connectivity index (χ2n) is 5.24. The van der Waals surface area contributed by atoms with E-state index in [9.17, 15) is 14.7 Å². The Morgan fingerprint density at radius 1 is 1.12 bits per heavy atom. The molecule has 0 heterocycles. The fourth-order valence-corrected chi connectivity index (χ4v) is 2.39. The number of hydrogen-bond acceptors (Lipinski definition) is 5. The molecule has 2 aromatic rings. The second-order valence-corrected chi connectivity index (χ2v) is 5.24. The quantitative estimate of drug-likeness (QED) is 0.545. The number of carbonyl (C=O) groups is 2. The predicted molar refractivity (Wildman–Crippen MR) is 92.7 cm³/mol. The molecule has 2 aromatic carbocycles. The Morgan fingerprint density at radius 2 is 1.88 bits per heavy atom. The van der Waals surface area contributed by atoms with Crippen molar-refractivity contribution in [2.24, 2.45) is 0 Å². The molecule has 5 nitrogen and oxygen atoms in total. The lowest BCUT2D eigenvalue weighted by atomic mass is 10.0. The van der Waals surface area contributed by atoms with Crippen molar-refractivity contribution in [1.82, 2.24) is 0 Å². The van der Waals surface area contributed by atoms with Crippen LogP contribution in [0.5, 0.6) is 11.5 Å². The first-order valence-corrected chi connectivity index (χ1v) is 7.86. The number of carbonyl (C=O) groups excluding carboxylic acids is 2. The summed E-state index contributed by atoms with van der Waals surface area (Å²) in [6.07, 6.45) is 2.79. The highest BCUT2D eigenvalue weighted by Crippen LogP contribution is 2.22. The van der Waals surface area contributed by atoms with Crippen LogP contribution in [0.4, 0.5) is 0 Å². The smallest absolute Gasteiger partial charge is 0.185 e. The topological polar surface area (TPSA) is 75.7 Å². The van der Waals surface area contributed by atoms with Crippen LogP contribution in [0.1, 0.15) is 28.4 Å². The van der Waals surface area contributed by atoms with E-state index < -0.39 is 5.97 Å². The first kappa shape index (κ1) is 18.3. The maximum atomic E-state index is 12.4. The largest absolute Gasteiger partial charge is 0.550 e. The summed E-state index contributed by atoms with van der Waals surface area (Å²) in [5.41, 5.74) is 1.57. The first-order chi connectivity index (χ1) is 12.0. The summed E-state index contributed by atoms with van der Waals surface area (Å²) in [7, 11) is 1.44. The van der Waals surface area contributed by atoms with E-state index >= 15 is 0 Å². The van der Waals surface area contributed by atoms with Gasteiger partial charge in [0.15, 0.2) is 5.78 Å². The number of hydrogen-bond donors (Lipinski definition) is 0. The number of rotatable bonds is 8. The van der Waals surface area contributed by atoms with Gasteiger partial charge in [0.05, 0.1) is 13.7 Å². The molecule has 2 rings (SSSR count). The number of benzene rings is 2. The van der Waals surface area contributed by atoms with E-state index in [1.807, 2.05) is 31.2 Å². The Balaban J connectivity index is 2.25. The molecular weight excluding hydrogens is 320 g/mol. The van der Waals surface area contributed by atoms with Crippen LogP contribution in [-0.4, -0.2) is 25.5 Å². The number of carboxylic acid groups (broad SMARTS) is 1. The standard InChI is InChI=1S/C20H20O5/c1-3-25-19-7-5-4-6-14(19)8-10-17(21)15-9-11-18(24-2)16(12-15)13-20(22)23/h4-12H,3,13H2,1-2H3,(H,22,23)/p-1/b10-8+. The summed E-state index contributed by atoms with van der Waals surface area (Å²) < 4.78 is 10.6. The third kappa shape index (κ3) is 4.94. The zero-order chi connectivity index (χ0) is 18.2. The van der Waals surface area contributed by atoms with Crippen molar-refractivity contribution in [3.05, 3.63) is 65.2 Å². The van der Waals surface area contributed by atoms with E-state index in [1.54, 1.807) is 18.2 Å². The maximum Gasteiger partial charge on any atom is 0.185 e. The van der Waals surface area contributed by atoms with E-state index in [4.69, 9.17) is 9.47 Å². The Labute approximate surface area is 146 Å². The Hall–Kier alpha value is -3.08. The molecule has 0 atom stereocenters. The molecule has 0 spiro atoms. The molecule has 0 N–H and O–H groups in total. The van der Waals surface area contributed by atoms with Crippen LogP contribution in [0.15, 0.2) is 48.5 Å². The summed E-state index contributed by atoms with van der Waals surface area (Å²) in [4.78, 5) is 23.2. The molecule has 0 saturated heterocycles. The number of aliphatic carboxylic acids is 1. The van der Waals surface area contributed by atoms with Gasteiger partial charge >= 0.3 is 0 Å². The molecule has 130 valence electrons. The normalized spacial score (nSPS) is 10.6. The third-order valence-corrected chi connectivity index (χ3v) is 3.53. The molecule has 25 heavy (non-hydrogen) atoms. The summed E-state index contributed by atoms with van der Waals surface area (Å²) in [6, 6.07) is 12.1. The van der Waals surface area contributed by atoms with Crippen LogP contribution in [0.2, 0.25) is 0 Å². The zero-order valence-corrected chi connectivity index (χ0v) is 14.2. The summed E-state index contributed by atoms with van der Waals surface area (Å²) >= 11 is 0. The molecule has 0 amide bonds. The highest BCUT2D eigenvalue weighted by atomic mass is 16.5. The van der Waals surface area contributed by atoms with Gasteiger partial charge in [-0.15, -0.1) is 0 Å². The van der Waals surface area contributed by atoms with Crippen molar-refractivity contribution in [3.8, 4) is 11.5 Å². The molecule has 0 aliphatic carbocycles. The lowest BCUT2D eigenvalue weighted by Crippen LogP contribution is -2.24. The minimum atomic E-state index is -1.23. The molecule has 0 aromatic heterocycles. The van der Waals surface area contributed by atoms with Crippen molar-refractivity contribution in [1.29, 1.82) is 0 Å². The molecule has 0 saturated carbocycles. The number of allylic oxidation sites excluding steroid dienone is 1. The number of methoxy groups -OCH3 is 1. The van der Waals surface area contributed by atoms with Crippen molar-refractivity contribution in [3.63, 3.8) is 0 Å². The zero-order valence-electron chi connectivity index (χ0n) is 14.2. The first-order valence-electron chi connectivity index (χ1n) is 7.86. The van der Waals surface area contributed by atoms with Gasteiger partial charge in [-0.25, -0.2) is 0 Å².